The Labute approximate surface area is 128 Å². The number of aromatic amines is 1. The van der Waals surface area contributed by atoms with Crippen LogP contribution in [0.15, 0.2) is 47.3 Å². The molecule has 0 atom stereocenters. The molecule has 3 rings (SSSR count). The largest absolute Gasteiger partial charge is 0.388 e. The maximum absolute atomic E-state index is 12.0. The van der Waals surface area contributed by atoms with Crippen LogP contribution in [0.5, 0.6) is 0 Å². The van der Waals surface area contributed by atoms with Gasteiger partial charge in [0, 0.05) is 0 Å². The SMILES string of the molecule is Cc1ccc(CCc2ccc3nc(CO)[nH]c(=O)c3c2)cc1. The fourth-order valence-corrected chi connectivity index (χ4v) is 2.51. The van der Waals surface area contributed by atoms with Crippen LogP contribution in [0, 0.1) is 6.92 Å². The lowest BCUT2D eigenvalue weighted by molar-refractivity contribution is 0.271. The number of hydrogen-bond acceptors (Lipinski definition) is 3. The van der Waals surface area contributed by atoms with Gasteiger partial charge in [-0.3, -0.25) is 4.79 Å². The Morgan fingerprint density at radius 1 is 1.05 bits per heavy atom. The number of fused-ring (bicyclic) bond motifs is 1. The minimum Gasteiger partial charge on any atom is -0.388 e. The third kappa shape index (κ3) is 3.07. The Hall–Kier alpha value is -2.46. The highest BCUT2D eigenvalue weighted by Crippen LogP contribution is 2.13. The van der Waals surface area contributed by atoms with E-state index in [0.29, 0.717) is 16.7 Å². The van der Waals surface area contributed by atoms with Gasteiger partial charge >= 0.3 is 0 Å². The number of hydrogen-bond donors (Lipinski definition) is 2. The topological polar surface area (TPSA) is 66.0 Å². The van der Waals surface area contributed by atoms with E-state index in [4.69, 9.17) is 5.11 Å². The molecular weight excluding hydrogens is 276 g/mol. The van der Waals surface area contributed by atoms with Crippen LogP contribution in [0.2, 0.25) is 0 Å². The normalized spacial score (nSPS) is 11.0. The Balaban J connectivity index is 1.84. The average molecular weight is 294 g/mol. The predicted molar refractivity (Wildman–Crippen MR) is 86.9 cm³/mol. The Bertz CT molecular complexity index is 851. The molecule has 0 spiro atoms. The van der Waals surface area contributed by atoms with Gasteiger partial charge in [-0.1, -0.05) is 35.9 Å². The molecule has 2 aromatic carbocycles. The number of aliphatic hydroxyl groups excluding tert-OH is 1. The summed E-state index contributed by atoms with van der Waals surface area (Å²) in [6.45, 7) is 1.81. The minimum absolute atomic E-state index is 0.203. The van der Waals surface area contributed by atoms with Gasteiger partial charge in [-0.05, 0) is 43.0 Å². The molecule has 2 N–H and O–H groups in total. The highest BCUT2D eigenvalue weighted by molar-refractivity contribution is 5.78. The molecule has 0 radical (unpaired) electrons. The molecule has 0 bridgehead atoms. The van der Waals surface area contributed by atoms with Crippen LogP contribution in [0.4, 0.5) is 0 Å². The summed E-state index contributed by atoms with van der Waals surface area (Å²) in [6.07, 6.45) is 1.81. The van der Waals surface area contributed by atoms with Crippen molar-refractivity contribution in [1.82, 2.24) is 9.97 Å². The quantitative estimate of drug-likeness (QED) is 0.777. The third-order valence-corrected chi connectivity index (χ3v) is 3.79. The number of rotatable bonds is 4. The van der Waals surface area contributed by atoms with E-state index in [9.17, 15) is 4.79 Å². The van der Waals surface area contributed by atoms with E-state index >= 15 is 0 Å². The number of benzene rings is 2. The molecule has 22 heavy (non-hydrogen) atoms. The van der Waals surface area contributed by atoms with Crippen molar-refractivity contribution in [1.29, 1.82) is 0 Å². The van der Waals surface area contributed by atoms with Crippen LogP contribution >= 0.6 is 0 Å². The lowest BCUT2D eigenvalue weighted by Gasteiger charge is -2.05. The molecule has 0 aliphatic rings. The van der Waals surface area contributed by atoms with Crippen LogP contribution in [-0.4, -0.2) is 15.1 Å². The second-order valence-corrected chi connectivity index (χ2v) is 5.51. The first-order valence-electron chi connectivity index (χ1n) is 7.34. The standard InChI is InChI=1S/C18H18N2O2/c1-12-2-4-13(5-3-12)6-7-14-8-9-16-15(10-14)18(22)20-17(11-21)19-16/h2-5,8-10,21H,6-7,11H2,1H3,(H,19,20,22). The fourth-order valence-electron chi connectivity index (χ4n) is 2.51. The highest BCUT2D eigenvalue weighted by atomic mass is 16.3. The zero-order valence-electron chi connectivity index (χ0n) is 12.5. The summed E-state index contributed by atoms with van der Waals surface area (Å²) >= 11 is 0. The molecule has 4 nitrogen and oxygen atoms in total. The number of nitrogens with one attached hydrogen (secondary N) is 1. The smallest absolute Gasteiger partial charge is 0.258 e. The zero-order valence-corrected chi connectivity index (χ0v) is 12.5. The van der Waals surface area contributed by atoms with Crippen molar-refractivity contribution in [2.45, 2.75) is 26.4 Å². The molecular formula is C18H18N2O2. The molecule has 0 aliphatic carbocycles. The summed E-state index contributed by atoms with van der Waals surface area (Å²) in [4.78, 5) is 18.8. The van der Waals surface area contributed by atoms with Crippen molar-refractivity contribution < 1.29 is 5.11 Å². The van der Waals surface area contributed by atoms with Crippen molar-refractivity contribution in [3.8, 4) is 0 Å². The fraction of sp³-hybridized carbons (Fsp3) is 0.222. The van der Waals surface area contributed by atoms with Gasteiger partial charge in [0.15, 0.2) is 0 Å². The van der Waals surface area contributed by atoms with Crippen molar-refractivity contribution in [2.24, 2.45) is 0 Å². The first-order chi connectivity index (χ1) is 10.7. The molecule has 0 fully saturated rings. The second kappa shape index (κ2) is 6.12. The third-order valence-electron chi connectivity index (χ3n) is 3.79. The van der Waals surface area contributed by atoms with E-state index in [1.54, 1.807) is 0 Å². The molecule has 3 aromatic rings. The van der Waals surface area contributed by atoms with Crippen molar-refractivity contribution >= 4 is 10.9 Å². The number of aryl methyl sites for hydroxylation is 3. The molecule has 0 amide bonds. The Morgan fingerprint density at radius 2 is 1.73 bits per heavy atom. The molecule has 0 aliphatic heterocycles. The van der Waals surface area contributed by atoms with Crippen LogP contribution in [0.3, 0.4) is 0 Å². The molecule has 4 heteroatoms. The van der Waals surface area contributed by atoms with Crippen LogP contribution in [0.25, 0.3) is 10.9 Å². The van der Waals surface area contributed by atoms with Gasteiger partial charge in [-0.15, -0.1) is 0 Å². The van der Waals surface area contributed by atoms with E-state index < -0.39 is 0 Å². The van der Waals surface area contributed by atoms with Gasteiger partial charge in [0.2, 0.25) is 0 Å². The summed E-state index contributed by atoms with van der Waals surface area (Å²) in [5, 5.41) is 9.64. The maximum Gasteiger partial charge on any atom is 0.258 e. The Morgan fingerprint density at radius 3 is 2.45 bits per heavy atom. The average Bonchev–Trinajstić information content (AvgIpc) is 2.54. The van der Waals surface area contributed by atoms with Gasteiger partial charge < -0.3 is 10.1 Å². The molecule has 112 valence electrons. The van der Waals surface area contributed by atoms with E-state index in [1.807, 2.05) is 18.2 Å². The van der Waals surface area contributed by atoms with Crippen LogP contribution in [0.1, 0.15) is 22.5 Å². The second-order valence-electron chi connectivity index (χ2n) is 5.51. The Kier molecular flexibility index (Phi) is 4.02. The number of aromatic nitrogens is 2. The van der Waals surface area contributed by atoms with Crippen molar-refractivity contribution in [2.75, 3.05) is 0 Å². The maximum atomic E-state index is 12.0. The van der Waals surface area contributed by atoms with E-state index in [-0.39, 0.29) is 12.2 Å². The van der Waals surface area contributed by atoms with Crippen molar-refractivity contribution in [3.63, 3.8) is 0 Å². The summed E-state index contributed by atoms with van der Waals surface area (Å²) in [6, 6.07) is 14.2. The van der Waals surface area contributed by atoms with Gasteiger partial charge in [0.25, 0.3) is 5.56 Å². The van der Waals surface area contributed by atoms with E-state index in [1.165, 1.54) is 11.1 Å². The van der Waals surface area contributed by atoms with E-state index in [2.05, 4.69) is 41.2 Å². The molecule has 1 aromatic heterocycles. The van der Waals surface area contributed by atoms with E-state index in [0.717, 1.165) is 18.4 Å². The number of H-pyrrole nitrogens is 1. The number of nitrogens with zero attached hydrogens (tertiary/aromatic N) is 1. The summed E-state index contributed by atoms with van der Waals surface area (Å²) in [7, 11) is 0. The first-order valence-corrected chi connectivity index (χ1v) is 7.34. The summed E-state index contributed by atoms with van der Waals surface area (Å²) in [5.41, 5.74) is 4.07. The molecule has 0 unspecified atom stereocenters. The van der Waals surface area contributed by atoms with Crippen LogP contribution < -0.4 is 5.56 Å². The lowest BCUT2D eigenvalue weighted by Crippen LogP contribution is -2.12. The van der Waals surface area contributed by atoms with Gasteiger partial charge in [-0.25, -0.2) is 4.98 Å². The molecule has 0 saturated carbocycles. The number of aliphatic hydroxyl groups is 1. The molecule has 1 heterocycles. The first kappa shape index (κ1) is 14.5. The summed E-state index contributed by atoms with van der Waals surface area (Å²) < 4.78 is 0. The minimum atomic E-state index is -0.264. The molecule has 0 saturated heterocycles. The van der Waals surface area contributed by atoms with Crippen LogP contribution in [-0.2, 0) is 19.4 Å². The highest BCUT2D eigenvalue weighted by Gasteiger charge is 2.05. The lowest BCUT2D eigenvalue weighted by atomic mass is 10.0. The van der Waals surface area contributed by atoms with Gasteiger partial charge in [-0.2, -0.15) is 0 Å². The zero-order chi connectivity index (χ0) is 15.5. The monoisotopic (exact) mass is 294 g/mol. The van der Waals surface area contributed by atoms with Crippen molar-refractivity contribution in [3.05, 3.63) is 75.3 Å². The predicted octanol–water partition coefficient (Wildman–Crippen LogP) is 2.51. The van der Waals surface area contributed by atoms with Gasteiger partial charge in [0.05, 0.1) is 10.9 Å². The van der Waals surface area contributed by atoms with Gasteiger partial charge in [0.1, 0.15) is 12.4 Å². The summed E-state index contributed by atoms with van der Waals surface area (Å²) in [5.74, 6) is 0.296.